The molecule has 76 valence electrons. The lowest BCUT2D eigenvalue weighted by Crippen LogP contribution is -2.01. The molecule has 0 fully saturated rings. The maximum atomic E-state index is 8.45. The smallest absolute Gasteiger partial charge is 0.193 e. The molecule has 0 aliphatic carbocycles. The second kappa shape index (κ2) is 5.29. The monoisotopic (exact) mass is 278 g/mol. The van der Waals surface area contributed by atoms with Crippen LogP contribution in [0.1, 0.15) is 11.4 Å². The molecule has 14 heavy (non-hydrogen) atoms. The highest BCUT2D eigenvalue weighted by atomic mass is 79.9. The van der Waals surface area contributed by atoms with Gasteiger partial charge in [0.15, 0.2) is 5.17 Å². The molecular weight excluding hydrogens is 271 g/mol. The van der Waals surface area contributed by atoms with Gasteiger partial charge in [-0.3, -0.25) is 0 Å². The van der Waals surface area contributed by atoms with E-state index in [-0.39, 0.29) is 5.17 Å². The van der Waals surface area contributed by atoms with Gasteiger partial charge in [-0.05, 0) is 28.1 Å². The first-order valence-corrected chi connectivity index (χ1v) is 4.88. The summed E-state index contributed by atoms with van der Waals surface area (Å²) in [5.41, 5.74) is 1.11. The van der Waals surface area contributed by atoms with Gasteiger partial charge >= 0.3 is 0 Å². The number of rotatable bonds is 3. The molecule has 0 aromatic carbocycles. The molecule has 6 heteroatoms. The molecule has 0 saturated carbocycles. The second-order valence-corrected chi connectivity index (χ2v) is 3.66. The van der Waals surface area contributed by atoms with E-state index < -0.39 is 0 Å². The quantitative estimate of drug-likeness (QED) is 0.525. The summed E-state index contributed by atoms with van der Waals surface area (Å²) in [5.74, 6) is 0. The summed E-state index contributed by atoms with van der Waals surface area (Å²) in [7, 11) is 1.57. The molecule has 0 bridgehead atoms. The SMILES string of the molecule is COCc1nc(C(Cl)=NO)ccc1Br. The first-order chi connectivity index (χ1) is 6.69. The van der Waals surface area contributed by atoms with Gasteiger partial charge in [-0.25, -0.2) is 4.98 Å². The van der Waals surface area contributed by atoms with Gasteiger partial charge in [-0.1, -0.05) is 16.8 Å². The predicted molar refractivity (Wildman–Crippen MR) is 56.8 cm³/mol. The summed E-state index contributed by atoms with van der Waals surface area (Å²) in [6, 6.07) is 3.41. The van der Waals surface area contributed by atoms with Crippen LogP contribution < -0.4 is 0 Å². The summed E-state index contributed by atoms with van der Waals surface area (Å²) in [5, 5.41) is 11.3. The van der Waals surface area contributed by atoms with Gasteiger partial charge in [0.2, 0.25) is 0 Å². The van der Waals surface area contributed by atoms with E-state index in [9.17, 15) is 0 Å². The molecule has 0 saturated heterocycles. The number of methoxy groups -OCH3 is 1. The average Bonchev–Trinajstić information content (AvgIpc) is 2.20. The Kier molecular flexibility index (Phi) is 4.31. The van der Waals surface area contributed by atoms with Crippen molar-refractivity contribution in [3.05, 3.63) is 28.0 Å². The lowest BCUT2D eigenvalue weighted by atomic mass is 10.3. The van der Waals surface area contributed by atoms with Crippen LogP contribution >= 0.6 is 27.5 Å². The van der Waals surface area contributed by atoms with Crippen LogP contribution in [-0.4, -0.2) is 22.5 Å². The lowest BCUT2D eigenvalue weighted by molar-refractivity contribution is 0.181. The van der Waals surface area contributed by atoms with Gasteiger partial charge in [-0.2, -0.15) is 0 Å². The molecule has 0 amide bonds. The second-order valence-electron chi connectivity index (χ2n) is 2.45. The topological polar surface area (TPSA) is 54.7 Å². The van der Waals surface area contributed by atoms with Crippen molar-refractivity contribution in [2.75, 3.05) is 7.11 Å². The summed E-state index contributed by atoms with van der Waals surface area (Å²) in [6.45, 7) is 0.365. The fraction of sp³-hybridized carbons (Fsp3) is 0.250. The van der Waals surface area contributed by atoms with Crippen molar-refractivity contribution >= 4 is 32.7 Å². The van der Waals surface area contributed by atoms with Crippen molar-refractivity contribution in [1.29, 1.82) is 0 Å². The van der Waals surface area contributed by atoms with Crippen molar-refractivity contribution in [1.82, 2.24) is 4.98 Å². The van der Waals surface area contributed by atoms with Crippen molar-refractivity contribution in [3.8, 4) is 0 Å². The van der Waals surface area contributed by atoms with E-state index in [1.807, 2.05) is 0 Å². The average molecular weight is 280 g/mol. The van der Waals surface area contributed by atoms with Gasteiger partial charge in [0.05, 0.1) is 12.3 Å². The van der Waals surface area contributed by atoms with Crippen molar-refractivity contribution in [2.45, 2.75) is 6.61 Å². The molecule has 1 N–H and O–H groups in total. The van der Waals surface area contributed by atoms with Gasteiger partial charge in [0.25, 0.3) is 0 Å². The molecule has 1 heterocycles. The Morgan fingerprint density at radius 1 is 1.71 bits per heavy atom. The molecule has 4 nitrogen and oxygen atoms in total. The molecular formula is C8H8BrClN2O2. The Balaban J connectivity index is 3.06. The van der Waals surface area contributed by atoms with Crippen LogP contribution in [0.3, 0.4) is 0 Å². The number of aromatic nitrogens is 1. The van der Waals surface area contributed by atoms with Crippen molar-refractivity contribution < 1.29 is 9.94 Å². The first-order valence-electron chi connectivity index (χ1n) is 3.71. The van der Waals surface area contributed by atoms with E-state index in [0.29, 0.717) is 18.0 Å². The third-order valence-electron chi connectivity index (χ3n) is 1.50. The normalized spacial score (nSPS) is 11.8. The Hall–Kier alpha value is -0.650. The van der Waals surface area contributed by atoms with E-state index >= 15 is 0 Å². The zero-order valence-electron chi connectivity index (χ0n) is 7.37. The molecule has 1 aromatic rings. The number of pyridine rings is 1. The molecule has 0 aliphatic rings. The predicted octanol–water partition coefficient (Wildman–Crippen LogP) is 2.37. The zero-order valence-corrected chi connectivity index (χ0v) is 9.71. The highest BCUT2D eigenvalue weighted by molar-refractivity contribution is 9.10. The summed E-state index contributed by atoms with van der Waals surface area (Å²) in [6.07, 6.45) is 0. The number of nitrogens with zero attached hydrogens (tertiary/aromatic N) is 2. The summed E-state index contributed by atoms with van der Waals surface area (Å²) >= 11 is 8.91. The Morgan fingerprint density at radius 3 is 3.00 bits per heavy atom. The number of halogens is 2. The standard InChI is InChI=1S/C8H8BrClN2O2/c1-14-4-7-5(9)2-3-6(11-7)8(10)12-13/h2-3,13H,4H2,1H3. The number of oxime groups is 1. The van der Waals surface area contributed by atoms with Crippen molar-refractivity contribution in [2.24, 2.45) is 5.16 Å². The fourth-order valence-electron chi connectivity index (χ4n) is 0.888. The fourth-order valence-corrected chi connectivity index (χ4v) is 1.33. The largest absolute Gasteiger partial charge is 0.410 e. The number of hydrogen-bond donors (Lipinski definition) is 1. The molecule has 0 spiro atoms. The molecule has 1 rings (SSSR count). The van der Waals surface area contributed by atoms with E-state index in [2.05, 4.69) is 26.1 Å². The number of hydrogen-bond acceptors (Lipinski definition) is 4. The molecule has 0 unspecified atom stereocenters. The Bertz CT molecular complexity index is 357. The van der Waals surface area contributed by atoms with Crippen LogP contribution in [0.25, 0.3) is 0 Å². The Labute approximate surface area is 94.7 Å². The Morgan fingerprint density at radius 2 is 2.43 bits per heavy atom. The molecule has 0 radical (unpaired) electrons. The van der Waals surface area contributed by atoms with Gasteiger partial charge in [-0.15, -0.1) is 0 Å². The first kappa shape index (κ1) is 11.4. The van der Waals surface area contributed by atoms with E-state index in [1.165, 1.54) is 0 Å². The zero-order chi connectivity index (χ0) is 10.6. The maximum Gasteiger partial charge on any atom is 0.193 e. The summed E-state index contributed by atoms with van der Waals surface area (Å²) in [4.78, 5) is 4.14. The van der Waals surface area contributed by atoms with Crippen molar-refractivity contribution in [3.63, 3.8) is 0 Å². The minimum Gasteiger partial charge on any atom is -0.410 e. The van der Waals surface area contributed by atoms with Gasteiger partial charge in [0, 0.05) is 11.6 Å². The minimum absolute atomic E-state index is 0.0464. The van der Waals surface area contributed by atoms with Crippen LogP contribution in [0.2, 0.25) is 0 Å². The minimum atomic E-state index is -0.0464. The van der Waals surface area contributed by atoms with E-state index in [0.717, 1.165) is 4.47 Å². The highest BCUT2D eigenvalue weighted by Gasteiger charge is 2.07. The van der Waals surface area contributed by atoms with Crippen LogP contribution in [-0.2, 0) is 11.3 Å². The molecule has 0 atom stereocenters. The highest BCUT2D eigenvalue weighted by Crippen LogP contribution is 2.16. The van der Waals surface area contributed by atoms with E-state index in [1.54, 1.807) is 19.2 Å². The number of ether oxygens (including phenoxy) is 1. The van der Waals surface area contributed by atoms with E-state index in [4.69, 9.17) is 21.5 Å². The van der Waals surface area contributed by atoms with Gasteiger partial charge < -0.3 is 9.94 Å². The third kappa shape index (κ3) is 2.67. The maximum absolute atomic E-state index is 8.45. The van der Waals surface area contributed by atoms with Crippen LogP contribution in [0, 0.1) is 0 Å². The molecule has 0 aliphatic heterocycles. The summed E-state index contributed by atoms with van der Waals surface area (Å²) < 4.78 is 5.76. The molecule has 1 aromatic heterocycles. The lowest BCUT2D eigenvalue weighted by Gasteiger charge is -2.03. The van der Waals surface area contributed by atoms with Crippen LogP contribution in [0.15, 0.2) is 21.8 Å². The van der Waals surface area contributed by atoms with Gasteiger partial charge in [0.1, 0.15) is 5.69 Å². The van der Waals surface area contributed by atoms with Crippen LogP contribution in [0.5, 0.6) is 0 Å². The third-order valence-corrected chi connectivity index (χ3v) is 2.49. The van der Waals surface area contributed by atoms with Crippen LogP contribution in [0.4, 0.5) is 0 Å².